The van der Waals surface area contributed by atoms with E-state index in [9.17, 15) is 9.18 Å². The summed E-state index contributed by atoms with van der Waals surface area (Å²) >= 11 is 0. The van der Waals surface area contributed by atoms with E-state index >= 15 is 0 Å². The zero-order valence-electron chi connectivity index (χ0n) is 15.3. The highest BCUT2D eigenvalue weighted by Crippen LogP contribution is 2.17. The molecule has 0 spiro atoms. The maximum atomic E-state index is 13.7. The summed E-state index contributed by atoms with van der Waals surface area (Å²) in [6.07, 6.45) is 2.91. The van der Waals surface area contributed by atoms with Gasteiger partial charge < -0.3 is 10.2 Å². The lowest BCUT2D eigenvalue weighted by Crippen LogP contribution is -2.32. The van der Waals surface area contributed by atoms with Gasteiger partial charge in [-0.2, -0.15) is 0 Å². The van der Waals surface area contributed by atoms with Crippen LogP contribution in [-0.4, -0.2) is 21.9 Å². The van der Waals surface area contributed by atoms with Gasteiger partial charge in [0.25, 0.3) is 5.91 Å². The third-order valence-corrected chi connectivity index (χ3v) is 4.10. The first-order valence-corrected chi connectivity index (χ1v) is 8.73. The zero-order chi connectivity index (χ0) is 19.2. The summed E-state index contributed by atoms with van der Waals surface area (Å²) in [6, 6.07) is 16.2. The van der Waals surface area contributed by atoms with E-state index in [0.29, 0.717) is 12.5 Å². The molecule has 0 bridgehead atoms. The van der Waals surface area contributed by atoms with Crippen LogP contribution in [0.2, 0.25) is 0 Å². The van der Waals surface area contributed by atoms with Crippen molar-refractivity contribution in [3.05, 3.63) is 83.9 Å². The normalized spacial score (nSPS) is 10.7. The van der Waals surface area contributed by atoms with Crippen molar-refractivity contribution in [2.45, 2.75) is 26.4 Å². The highest BCUT2D eigenvalue weighted by Gasteiger charge is 2.16. The standard InChI is InChI=1S/C21H21FN4O/c1-15(2)26(14-16-8-4-3-5-9-16)21-23-12-17(13-24-21)20(27)25-19-11-7-6-10-18(19)22/h3-13,15H,14H2,1-2H3,(H,25,27). The van der Waals surface area contributed by atoms with E-state index in [-0.39, 0.29) is 17.3 Å². The molecule has 0 aliphatic rings. The van der Waals surface area contributed by atoms with E-state index in [0.717, 1.165) is 5.56 Å². The van der Waals surface area contributed by atoms with Gasteiger partial charge >= 0.3 is 0 Å². The van der Waals surface area contributed by atoms with Crippen molar-refractivity contribution in [3.8, 4) is 0 Å². The van der Waals surface area contributed by atoms with Crippen LogP contribution in [0.5, 0.6) is 0 Å². The zero-order valence-corrected chi connectivity index (χ0v) is 15.3. The maximum absolute atomic E-state index is 13.7. The Balaban J connectivity index is 1.74. The Morgan fingerprint density at radius 1 is 1.04 bits per heavy atom. The summed E-state index contributed by atoms with van der Waals surface area (Å²) in [5.74, 6) is -0.403. The molecule has 1 N–H and O–H groups in total. The third kappa shape index (κ3) is 4.67. The molecule has 0 saturated heterocycles. The quantitative estimate of drug-likeness (QED) is 0.709. The lowest BCUT2D eigenvalue weighted by molar-refractivity contribution is 0.102. The van der Waals surface area contributed by atoms with Crippen LogP contribution in [0.25, 0.3) is 0 Å². The second-order valence-corrected chi connectivity index (χ2v) is 6.41. The first-order chi connectivity index (χ1) is 13.0. The lowest BCUT2D eigenvalue weighted by atomic mass is 10.2. The largest absolute Gasteiger partial charge is 0.334 e. The molecule has 0 aliphatic carbocycles. The second kappa shape index (κ2) is 8.40. The molecule has 0 atom stereocenters. The topological polar surface area (TPSA) is 58.1 Å². The Hall–Kier alpha value is -3.28. The fraction of sp³-hybridized carbons (Fsp3) is 0.190. The fourth-order valence-electron chi connectivity index (χ4n) is 2.61. The predicted octanol–water partition coefficient (Wildman–Crippen LogP) is 4.28. The molecule has 3 rings (SSSR count). The van der Waals surface area contributed by atoms with Gasteiger partial charge in [-0.05, 0) is 31.5 Å². The Kier molecular flexibility index (Phi) is 5.76. The van der Waals surface area contributed by atoms with Crippen LogP contribution in [0.3, 0.4) is 0 Å². The van der Waals surface area contributed by atoms with Crippen LogP contribution in [0.4, 0.5) is 16.0 Å². The van der Waals surface area contributed by atoms with Crippen molar-refractivity contribution < 1.29 is 9.18 Å². The van der Waals surface area contributed by atoms with Gasteiger partial charge in [0.1, 0.15) is 5.82 Å². The number of aromatic nitrogens is 2. The van der Waals surface area contributed by atoms with Gasteiger partial charge in [-0.3, -0.25) is 4.79 Å². The molecule has 2 aromatic carbocycles. The van der Waals surface area contributed by atoms with Gasteiger partial charge in [-0.25, -0.2) is 14.4 Å². The number of para-hydroxylation sites is 1. The molecule has 0 saturated carbocycles. The molecule has 138 valence electrons. The number of hydrogen-bond acceptors (Lipinski definition) is 4. The summed E-state index contributed by atoms with van der Waals surface area (Å²) in [5.41, 5.74) is 1.54. The van der Waals surface area contributed by atoms with Gasteiger partial charge in [-0.1, -0.05) is 42.5 Å². The number of amides is 1. The highest BCUT2D eigenvalue weighted by molar-refractivity contribution is 6.03. The van der Waals surface area contributed by atoms with Crippen LogP contribution in [-0.2, 0) is 6.54 Å². The van der Waals surface area contributed by atoms with Crippen LogP contribution in [0.1, 0.15) is 29.8 Å². The van der Waals surface area contributed by atoms with Crippen molar-refractivity contribution >= 4 is 17.5 Å². The van der Waals surface area contributed by atoms with Gasteiger partial charge in [0.2, 0.25) is 5.95 Å². The fourth-order valence-corrected chi connectivity index (χ4v) is 2.61. The molecule has 0 aliphatic heterocycles. The lowest BCUT2D eigenvalue weighted by Gasteiger charge is -2.26. The molecule has 1 amide bonds. The number of carbonyl (C=O) groups is 1. The van der Waals surface area contributed by atoms with E-state index in [4.69, 9.17) is 0 Å². The van der Waals surface area contributed by atoms with Crippen LogP contribution < -0.4 is 10.2 Å². The van der Waals surface area contributed by atoms with E-state index in [1.807, 2.05) is 35.2 Å². The number of halogens is 1. The first kappa shape index (κ1) is 18.5. The Morgan fingerprint density at radius 3 is 2.30 bits per heavy atom. The predicted molar refractivity (Wildman–Crippen MR) is 104 cm³/mol. The van der Waals surface area contributed by atoms with Gasteiger partial charge in [0.05, 0.1) is 11.3 Å². The molecular weight excluding hydrogens is 343 g/mol. The highest BCUT2D eigenvalue weighted by atomic mass is 19.1. The summed E-state index contributed by atoms with van der Waals surface area (Å²) < 4.78 is 13.7. The average molecular weight is 364 g/mol. The number of hydrogen-bond donors (Lipinski definition) is 1. The van der Waals surface area contributed by atoms with Crippen molar-refractivity contribution in [2.75, 3.05) is 10.2 Å². The van der Waals surface area contributed by atoms with Crippen LogP contribution >= 0.6 is 0 Å². The van der Waals surface area contributed by atoms with Crippen LogP contribution in [0.15, 0.2) is 67.0 Å². The molecule has 27 heavy (non-hydrogen) atoms. The minimum absolute atomic E-state index is 0.125. The van der Waals surface area contributed by atoms with E-state index in [1.165, 1.54) is 24.5 Å². The molecular formula is C21H21FN4O. The molecule has 6 heteroatoms. The average Bonchev–Trinajstić information content (AvgIpc) is 2.68. The van der Waals surface area contributed by atoms with E-state index in [2.05, 4.69) is 29.1 Å². The number of benzene rings is 2. The molecule has 0 radical (unpaired) electrons. The Labute approximate surface area is 157 Å². The smallest absolute Gasteiger partial charge is 0.258 e. The van der Waals surface area contributed by atoms with Gasteiger partial charge in [0.15, 0.2) is 0 Å². The molecule has 5 nitrogen and oxygen atoms in total. The first-order valence-electron chi connectivity index (χ1n) is 8.73. The number of rotatable bonds is 6. The molecule has 1 aromatic heterocycles. The monoisotopic (exact) mass is 364 g/mol. The summed E-state index contributed by atoms with van der Waals surface area (Å²) in [7, 11) is 0. The van der Waals surface area contributed by atoms with Crippen molar-refractivity contribution in [3.63, 3.8) is 0 Å². The third-order valence-electron chi connectivity index (χ3n) is 4.10. The SMILES string of the molecule is CC(C)N(Cc1ccccc1)c1ncc(C(=O)Nc2ccccc2F)cn1. The van der Waals surface area contributed by atoms with Gasteiger partial charge in [0, 0.05) is 25.0 Å². The second-order valence-electron chi connectivity index (χ2n) is 6.41. The summed E-state index contributed by atoms with van der Waals surface area (Å²) in [6.45, 7) is 4.79. The Morgan fingerprint density at radius 2 is 1.67 bits per heavy atom. The van der Waals surface area contributed by atoms with E-state index < -0.39 is 11.7 Å². The number of nitrogens with zero attached hydrogens (tertiary/aromatic N) is 3. The molecule has 3 aromatic rings. The number of anilines is 2. The molecule has 0 unspecified atom stereocenters. The van der Waals surface area contributed by atoms with Gasteiger partial charge in [-0.15, -0.1) is 0 Å². The molecule has 0 fully saturated rings. The minimum atomic E-state index is -0.489. The Bertz CT molecular complexity index is 898. The number of carbonyl (C=O) groups excluding carboxylic acids is 1. The van der Waals surface area contributed by atoms with E-state index in [1.54, 1.807) is 12.1 Å². The number of nitrogens with one attached hydrogen (secondary N) is 1. The maximum Gasteiger partial charge on any atom is 0.258 e. The van der Waals surface area contributed by atoms with Crippen molar-refractivity contribution in [1.29, 1.82) is 0 Å². The summed E-state index contributed by atoms with van der Waals surface area (Å²) in [4.78, 5) is 23.0. The minimum Gasteiger partial charge on any atom is -0.334 e. The van der Waals surface area contributed by atoms with Crippen molar-refractivity contribution in [1.82, 2.24) is 9.97 Å². The molecule has 1 heterocycles. The summed E-state index contributed by atoms with van der Waals surface area (Å²) in [5, 5.41) is 2.53. The van der Waals surface area contributed by atoms with Crippen LogP contribution in [0, 0.1) is 5.82 Å². The van der Waals surface area contributed by atoms with Crippen molar-refractivity contribution in [2.24, 2.45) is 0 Å².